The fourth-order valence-corrected chi connectivity index (χ4v) is 2.89. The quantitative estimate of drug-likeness (QED) is 0.598. The van der Waals surface area contributed by atoms with E-state index >= 15 is 0 Å². The zero-order chi connectivity index (χ0) is 14.1. The molecule has 0 radical (unpaired) electrons. The van der Waals surface area contributed by atoms with Gasteiger partial charge in [-0.2, -0.15) is 0 Å². The lowest BCUT2D eigenvalue weighted by molar-refractivity contribution is 0.110. The highest BCUT2D eigenvalue weighted by atomic mass is 127. The summed E-state index contributed by atoms with van der Waals surface area (Å²) >= 11 is 2.30. The zero-order valence-corrected chi connectivity index (χ0v) is 15.5. The molecule has 0 fully saturated rings. The SMILES string of the molecule is CCCCN(CCCC)CC(O)c1ccccc1I.Cl. The highest BCUT2D eigenvalue weighted by Gasteiger charge is 2.14. The van der Waals surface area contributed by atoms with Crippen LogP contribution in [0.2, 0.25) is 0 Å². The monoisotopic (exact) mass is 411 g/mol. The normalized spacial score (nSPS) is 12.2. The van der Waals surface area contributed by atoms with Crippen molar-refractivity contribution in [2.75, 3.05) is 19.6 Å². The summed E-state index contributed by atoms with van der Waals surface area (Å²) in [5.74, 6) is 0. The fourth-order valence-electron chi connectivity index (χ4n) is 2.15. The highest BCUT2D eigenvalue weighted by Crippen LogP contribution is 2.21. The number of benzene rings is 1. The maximum Gasteiger partial charge on any atom is 0.0927 e. The summed E-state index contributed by atoms with van der Waals surface area (Å²) in [5.41, 5.74) is 1.06. The maximum absolute atomic E-state index is 10.4. The number of unbranched alkanes of at least 4 members (excludes halogenated alkanes) is 2. The molecule has 0 amide bonds. The summed E-state index contributed by atoms with van der Waals surface area (Å²) in [6.07, 6.45) is 4.47. The Morgan fingerprint density at radius 1 is 1.10 bits per heavy atom. The van der Waals surface area contributed by atoms with Gasteiger partial charge in [0.25, 0.3) is 0 Å². The molecule has 4 heteroatoms. The van der Waals surface area contributed by atoms with Crippen LogP contribution in [0, 0.1) is 3.57 Å². The van der Waals surface area contributed by atoms with Crippen molar-refractivity contribution in [3.63, 3.8) is 0 Å². The van der Waals surface area contributed by atoms with Gasteiger partial charge in [0.05, 0.1) is 6.10 Å². The summed E-state index contributed by atoms with van der Waals surface area (Å²) in [6.45, 7) is 7.37. The van der Waals surface area contributed by atoms with Crippen molar-refractivity contribution >= 4 is 35.0 Å². The number of hydrogen-bond acceptors (Lipinski definition) is 2. The smallest absolute Gasteiger partial charge is 0.0927 e. The molecule has 0 saturated carbocycles. The first kappa shape index (κ1) is 20.2. The van der Waals surface area contributed by atoms with Crippen molar-refractivity contribution in [1.29, 1.82) is 0 Å². The summed E-state index contributed by atoms with van der Waals surface area (Å²) in [6, 6.07) is 8.11. The largest absolute Gasteiger partial charge is 0.387 e. The first-order chi connectivity index (χ1) is 9.19. The number of aliphatic hydroxyl groups excluding tert-OH is 1. The van der Waals surface area contributed by atoms with Gasteiger partial charge in [-0.15, -0.1) is 12.4 Å². The fraction of sp³-hybridized carbons (Fsp3) is 0.625. The molecule has 0 aromatic heterocycles. The van der Waals surface area contributed by atoms with E-state index in [0.717, 1.165) is 28.8 Å². The third-order valence-corrected chi connectivity index (χ3v) is 4.33. The van der Waals surface area contributed by atoms with Crippen molar-refractivity contribution in [1.82, 2.24) is 4.90 Å². The molecule has 0 saturated heterocycles. The van der Waals surface area contributed by atoms with Crippen molar-refractivity contribution in [2.24, 2.45) is 0 Å². The lowest BCUT2D eigenvalue weighted by Crippen LogP contribution is -2.31. The Balaban J connectivity index is 0.00000361. The summed E-state index contributed by atoms with van der Waals surface area (Å²) in [5, 5.41) is 10.4. The van der Waals surface area contributed by atoms with Gasteiger partial charge in [0.2, 0.25) is 0 Å². The molecule has 0 aliphatic rings. The van der Waals surface area contributed by atoms with Crippen molar-refractivity contribution in [3.05, 3.63) is 33.4 Å². The van der Waals surface area contributed by atoms with E-state index in [1.807, 2.05) is 18.2 Å². The second kappa shape index (κ2) is 11.8. The lowest BCUT2D eigenvalue weighted by Gasteiger charge is -2.25. The molecule has 0 spiro atoms. The van der Waals surface area contributed by atoms with E-state index in [-0.39, 0.29) is 18.5 Å². The van der Waals surface area contributed by atoms with Crippen LogP contribution in [-0.4, -0.2) is 29.6 Å². The van der Waals surface area contributed by atoms with Gasteiger partial charge in [-0.1, -0.05) is 44.9 Å². The number of rotatable bonds is 9. The van der Waals surface area contributed by atoms with Gasteiger partial charge >= 0.3 is 0 Å². The van der Waals surface area contributed by atoms with Crippen LogP contribution >= 0.6 is 35.0 Å². The van der Waals surface area contributed by atoms with E-state index in [4.69, 9.17) is 0 Å². The van der Waals surface area contributed by atoms with Crippen LogP contribution in [0.25, 0.3) is 0 Å². The van der Waals surface area contributed by atoms with Gasteiger partial charge in [0.1, 0.15) is 0 Å². The van der Waals surface area contributed by atoms with Gasteiger partial charge in [0.15, 0.2) is 0 Å². The Labute approximate surface area is 143 Å². The van der Waals surface area contributed by atoms with E-state index in [2.05, 4.69) is 47.4 Å². The van der Waals surface area contributed by atoms with Crippen molar-refractivity contribution in [2.45, 2.75) is 45.6 Å². The molecule has 1 aromatic rings. The molecule has 0 bridgehead atoms. The first-order valence-corrected chi connectivity index (χ1v) is 8.41. The minimum absolute atomic E-state index is 0. The molecule has 1 N–H and O–H groups in total. The van der Waals surface area contributed by atoms with E-state index in [9.17, 15) is 5.11 Å². The average Bonchev–Trinajstić information content (AvgIpc) is 2.42. The number of aliphatic hydroxyl groups is 1. The third kappa shape index (κ3) is 7.25. The molecule has 0 aliphatic carbocycles. The minimum Gasteiger partial charge on any atom is -0.387 e. The third-order valence-electron chi connectivity index (χ3n) is 3.35. The number of halogens is 2. The van der Waals surface area contributed by atoms with E-state index in [1.54, 1.807) is 0 Å². The molecule has 1 unspecified atom stereocenters. The predicted molar refractivity (Wildman–Crippen MR) is 97.6 cm³/mol. The van der Waals surface area contributed by atoms with Gasteiger partial charge in [-0.05, 0) is 60.2 Å². The van der Waals surface area contributed by atoms with Crippen LogP contribution in [0.4, 0.5) is 0 Å². The van der Waals surface area contributed by atoms with Crippen molar-refractivity contribution in [3.8, 4) is 0 Å². The van der Waals surface area contributed by atoms with Crippen LogP contribution in [0.3, 0.4) is 0 Å². The Morgan fingerprint density at radius 3 is 2.15 bits per heavy atom. The number of hydrogen-bond donors (Lipinski definition) is 1. The van der Waals surface area contributed by atoms with Crippen LogP contribution in [0.15, 0.2) is 24.3 Å². The van der Waals surface area contributed by atoms with E-state index in [1.165, 1.54) is 25.7 Å². The first-order valence-electron chi connectivity index (χ1n) is 7.33. The molecule has 20 heavy (non-hydrogen) atoms. The second-order valence-corrected chi connectivity index (χ2v) is 6.21. The maximum atomic E-state index is 10.4. The van der Waals surface area contributed by atoms with Crippen LogP contribution in [-0.2, 0) is 0 Å². The Kier molecular flexibility index (Phi) is 11.9. The Bertz CT molecular complexity index is 354. The molecule has 2 nitrogen and oxygen atoms in total. The standard InChI is InChI=1S/C16H26INO.ClH/c1-3-5-11-18(12-6-4-2)13-16(19)14-9-7-8-10-15(14)17;/h7-10,16,19H,3-6,11-13H2,1-2H3;1H. The molecule has 1 aromatic carbocycles. The molecule has 1 rings (SSSR count). The molecule has 116 valence electrons. The average molecular weight is 412 g/mol. The highest BCUT2D eigenvalue weighted by molar-refractivity contribution is 14.1. The molecular formula is C16H27ClINO. The van der Waals surface area contributed by atoms with Gasteiger partial charge < -0.3 is 10.0 Å². The summed E-state index contributed by atoms with van der Waals surface area (Å²) in [4.78, 5) is 2.40. The van der Waals surface area contributed by atoms with Crippen LogP contribution in [0.1, 0.15) is 51.2 Å². The Morgan fingerprint density at radius 2 is 1.65 bits per heavy atom. The number of nitrogens with zero attached hydrogens (tertiary/aromatic N) is 1. The van der Waals surface area contributed by atoms with E-state index in [0.29, 0.717) is 0 Å². The zero-order valence-electron chi connectivity index (χ0n) is 12.5. The van der Waals surface area contributed by atoms with Crippen LogP contribution in [0.5, 0.6) is 0 Å². The topological polar surface area (TPSA) is 23.5 Å². The van der Waals surface area contributed by atoms with Gasteiger partial charge in [0, 0.05) is 10.1 Å². The van der Waals surface area contributed by atoms with E-state index < -0.39 is 0 Å². The van der Waals surface area contributed by atoms with Gasteiger partial charge in [-0.25, -0.2) is 0 Å². The van der Waals surface area contributed by atoms with Crippen LogP contribution < -0.4 is 0 Å². The summed E-state index contributed by atoms with van der Waals surface area (Å²) < 4.78 is 1.15. The molecule has 1 atom stereocenters. The predicted octanol–water partition coefficient (Wildman–Crippen LogP) is 4.65. The minimum atomic E-state index is -0.373. The molecular weight excluding hydrogens is 385 g/mol. The lowest BCUT2D eigenvalue weighted by atomic mass is 10.1. The molecule has 0 heterocycles. The Hall–Kier alpha value is 0.160. The second-order valence-electron chi connectivity index (χ2n) is 5.05. The van der Waals surface area contributed by atoms with Crippen molar-refractivity contribution < 1.29 is 5.11 Å². The molecule has 0 aliphatic heterocycles. The van der Waals surface area contributed by atoms with Gasteiger partial charge in [-0.3, -0.25) is 0 Å². The summed E-state index contributed by atoms with van der Waals surface area (Å²) in [7, 11) is 0.